The number of nitrogens with one attached hydrogen (secondary N) is 1. The first-order chi connectivity index (χ1) is 15.2. The Kier molecular flexibility index (Phi) is 7.91. The molecule has 0 bridgehead atoms. The number of hydrogen-bond donors (Lipinski definition) is 2. The molecule has 1 saturated heterocycles. The summed E-state index contributed by atoms with van der Waals surface area (Å²) in [5.41, 5.74) is 0.990. The van der Waals surface area contributed by atoms with Gasteiger partial charge in [0.25, 0.3) is 11.1 Å². The predicted octanol–water partition coefficient (Wildman–Crippen LogP) is 4.73. The number of benzene rings is 2. The third-order valence-electron chi connectivity index (χ3n) is 4.26. The van der Waals surface area contributed by atoms with E-state index in [9.17, 15) is 19.5 Å². The number of methoxy groups -OCH3 is 1. The molecule has 0 aromatic heterocycles. The topological polar surface area (TPSA) is 105 Å². The quantitative estimate of drug-likeness (QED) is 0.356. The van der Waals surface area contributed by atoms with Crippen LogP contribution < -0.4 is 14.8 Å². The Morgan fingerprint density at radius 1 is 1.28 bits per heavy atom. The number of carbonyl (C=O) groups is 3. The van der Waals surface area contributed by atoms with Crippen molar-refractivity contribution in [3.05, 3.63) is 49.4 Å². The van der Waals surface area contributed by atoms with Gasteiger partial charge in [-0.1, -0.05) is 11.6 Å². The Balaban J connectivity index is 1.73. The Labute approximate surface area is 207 Å². The Bertz CT molecular complexity index is 1120. The molecule has 2 aromatic rings. The zero-order chi connectivity index (χ0) is 23.4. The fraction of sp³-hybridized carbons (Fsp3) is 0.190. The molecule has 1 aliphatic heterocycles. The number of thioether (sulfide) groups is 1. The lowest BCUT2D eigenvalue weighted by Gasteiger charge is -2.13. The first-order valence-electron chi connectivity index (χ1n) is 9.27. The Morgan fingerprint density at radius 3 is 2.69 bits per heavy atom. The number of ether oxygens (including phenoxy) is 2. The lowest BCUT2D eigenvalue weighted by atomic mass is 10.2. The van der Waals surface area contributed by atoms with Crippen LogP contribution in [-0.4, -0.2) is 47.3 Å². The average molecular weight is 589 g/mol. The van der Waals surface area contributed by atoms with E-state index in [1.54, 1.807) is 31.2 Å². The van der Waals surface area contributed by atoms with Gasteiger partial charge in [0.15, 0.2) is 11.5 Å². The van der Waals surface area contributed by atoms with E-state index in [-0.39, 0.29) is 16.4 Å². The maximum absolute atomic E-state index is 12.7. The van der Waals surface area contributed by atoms with Gasteiger partial charge in [-0.3, -0.25) is 19.3 Å². The first kappa shape index (κ1) is 24.2. The minimum Gasteiger partial charge on any atom is -0.504 e. The van der Waals surface area contributed by atoms with Crippen LogP contribution in [0.25, 0.3) is 6.08 Å². The zero-order valence-electron chi connectivity index (χ0n) is 17.0. The summed E-state index contributed by atoms with van der Waals surface area (Å²) >= 11 is 8.73. The standard InChI is InChI=1S/C21H18ClIN2O6S/c1-3-31-16-7-11(6-14(23)19(16)27)8-17-20(28)25(21(29)32-17)10-18(26)24-12-4-5-15(30-2)13(22)9-12/h4-9,27H,3,10H2,1-2H3,(H,24,26)/b17-8+. The van der Waals surface area contributed by atoms with Crippen LogP contribution in [0.5, 0.6) is 17.2 Å². The number of imide groups is 1. The number of aromatic hydroxyl groups is 1. The van der Waals surface area contributed by atoms with Gasteiger partial charge in [-0.05, 0) is 83.2 Å². The molecule has 1 heterocycles. The number of phenols is 1. The van der Waals surface area contributed by atoms with Crippen LogP contribution in [0.3, 0.4) is 0 Å². The number of phenolic OH excluding ortho intramolecular Hbond substituents is 1. The fourth-order valence-corrected chi connectivity index (χ4v) is 4.54. The van der Waals surface area contributed by atoms with Crippen molar-refractivity contribution in [1.82, 2.24) is 4.90 Å². The highest BCUT2D eigenvalue weighted by atomic mass is 127. The van der Waals surface area contributed by atoms with Crippen LogP contribution in [0.1, 0.15) is 12.5 Å². The van der Waals surface area contributed by atoms with Gasteiger partial charge in [0.2, 0.25) is 5.91 Å². The maximum atomic E-state index is 12.7. The predicted molar refractivity (Wildman–Crippen MR) is 131 cm³/mol. The minimum absolute atomic E-state index is 0.00742. The second-order valence-corrected chi connectivity index (χ2v) is 9.01. The lowest BCUT2D eigenvalue weighted by Crippen LogP contribution is -2.36. The van der Waals surface area contributed by atoms with Crippen LogP contribution in [0.4, 0.5) is 10.5 Å². The van der Waals surface area contributed by atoms with Gasteiger partial charge in [0.05, 0.1) is 27.2 Å². The fourth-order valence-electron chi connectivity index (χ4n) is 2.82. The molecule has 0 aliphatic carbocycles. The van der Waals surface area contributed by atoms with E-state index in [2.05, 4.69) is 5.32 Å². The summed E-state index contributed by atoms with van der Waals surface area (Å²) < 4.78 is 11.0. The van der Waals surface area contributed by atoms with Crippen LogP contribution in [0.15, 0.2) is 35.2 Å². The molecule has 3 rings (SSSR count). The second kappa shape index (κ2) is 10.5. The number of carbonyl (C=O) groups excluding carboxylic acids is 3. The second-order valence-electron chi connectivity index (χ2n) is 6.45. The van der Waals surface area contributed by atoms with Gasteiger partial charge in [0, 0.05) is 5.69 Å². The monoisotopic (exact) mass is 588 g/mol. The van der Waals surface area contributed by atoms with Crippen molar-refractivity contribution in [2.75, 3.05) is 25.6 Å². The normalized spacial score (nSPS) is 14.8. The maximum Gasteiger partial charge on any atom is 0.294 e. The summed E-state index contributed by atoms with van der Waals surface area (Å²) in [7, 11) is 1.48. The third-order valence-corrected chi connectivity index (χ3v) is 6.28. The number of amides is 3. The number of hydrogen-bond acceptors (Lipinski definition) is 7. The molecule has 8 nitrogen and oxygen atoms in total. The highest BCUT2D eigenvalue weighted by Gasteiger charge is 2.36. The van der Waals surface area contributed by atoms with E-state index in [0.717, 1.165) is 16.7 Å². The SMILES string of the molecule is CCOc1cc(/C=C2/SC(=O)N(CC(=O)Nc3ccc(OC)c(Cl)c3)C2=O)cc(I)c1O. The molecule has 0 spiro atoms. The van der Waals surface area contributed by atoms with Crippen molar-refractivity contribution < 1.29 is 29.0 Å². The average Bonchev–Trinajstić information content (AvgIpc) is 2.99. The summed E-state index contributed by atoms with van der Waals surface area (Å²) in [5.74, 6) is -0.385. The molecule has 1 aliphatic rings. The third kappa shape index (κ3) is 5.48. The molecule has 2 aromatic carbocycles. The van der Waals surface area contributed by atoms with Gasteiger partial charge in [-0.25, -0.2) is 0 Å². The summed E-state index contributed by atoms with van der Waals surface area (Å²) in [5, 5.41) is 12.4. The summed E-state index contributed by atoms with van der Waals surface area (Å²) in [6, 6.07) is 7.94. The molecule has 3 amide bonds. The summed E-state index contributed by atoms with van der Waals surface area (Å²) in [6.45, 7) is 1.70. The number of anilines is 1. The molecule has 2 N–H and O–H groups in total. The van der Waals surface area contributed by atoms with Crippen LogP contribution in [0, 0.1) is 3.57 Å². The summed E-state index contributed by atoms with van der Waals surface area (Å²) in [6.07, 6.45) is 1.52. The van der Waals surface area contributed by atoms with Gasteiger partial charge in [-0.2, -0.15) is 0 Å². The van der Waals surface area contributed by atoms with Crippen molar-refractivity contribution in [3.8, 4) is 17.2 Å². The van der Waals surface area contributed by atoms with Crippen molar-refractivity contribution in [2.45, 2.75) is 6.92 Å². The lowest BCUT2D eigenvalue weighted by molar-refractivity contribution is -0.127. The molecular weight excluding hydrogens is 571 g/mol. The molecule has 11 heteroatoms. The zero-order valence-corrected chi connectivity index (χ0v) is 20.7. The molecule has 32 heavy (non-hydrogen) atoms. The largest absolute Gasteiger partial charge is 0.504 e. The molecular formula is C21H18ClIN2O6S. The van der Waals surface area contributed by atoms with Crippen molar-refractivity contribution in [1.29, 1.82) is 0 Å². The van der Waals surface area contributed by atoms with E-state index in [1.807, 2.05) is 22.6 Å². The van der Waals surface area contributed by atoms with Crippen molar-refractivity contribution in [2.24, 2.45) is 0 Å². The van der Waals surface area contributed by atoms with Crippen molar-refractivity contribution in [3.63, 3.8) is 0 Å². The van der Waals surface area contributed by atoms with E-state index in [0.29, 0.717) is 32.2 Å². The van der Waals surface area contributed by atoms with E-state index < -0.39 is 23.6 Å². The molecule has 0 unspecified atom stereocenters. The van der Waals surface area contributed by atoms with Gasteiger partial charge in [0.1, 0.15) is 12.3 Å². The Hall–Kier alpha value is -2.44. The number of nitrogens with zero attached hydrogens (tertiary/aromatic N) is 1. The van der Waals surface area contributed by atoms with Crippen LogP contribution >= 0.6 is 46.0 Å². The first-order valence-corrected chi connectivity index (χ1v) is 11.5. The van der Waals surface area contributed by atoms with Crippen LogP contribution in [0.2, 0.25) is 5.02 Å². The van der Waals surface area contributed by atoms with Crippen LogP contribution in [-0.2, 0) is 9.59 Å². The molecule has 1 fully saturated rings. The molecule has 0 radical (unpaired) electrons. The van der Waals surface area contributed by atoms with Crippen molar-refractivity contribution >= 4 is 74.8 Å². The summed E-state index contributed by atoms with van der Waals surface area (Å²) in [4.78, 5) is 38.5. The minimum atomic E-state index is -0.580. The number of halogens is 2. The Morgan fingerprint density at radius 2 is 2.03 bits per heavy atom. The van der Waals surface area contributed by atoms with E-state index in [4.69, 9.17) is 21.1 Å². The highest BCUT2D eigenvalue weighted by Crippen LogP contribution is 2.36. The molecule has 0 atom stereocenters. The van der Waals surface area contributed by atoms with Gasteiger partial charge < -0.3 is 19.9 Å². The number of rotatable bonds is 7. The smallest absolute Gasteiger partial charge is 0.294 e. The highest BCUT2D eigenvalue weighted by molar-refractivity contribution is 14.1. The van der Waals surface area contributed by atoms with Gasteiger partial charge >= 0.3 is 0 Å². The van der Waals surface area contributed by atoms with E-state index in [1.165, 1.54) is 19.3 Å². The molecule has 168 valence electrons. The molecule has 0 saturated carbocycles. The van der Waals surface area contributed by atoms with Gasteiger partial charge in [-0.15, -0.1) is 0 Å². The van der Waals surface area contributed by atoms with E-state index >= 15 is 0 Å².